The smallest absolute Gasteiger partial charge is 0.251 e. The number of halogens is 1. The summed E-state index contributed by atoms with van der Waals surface area (Å²) in [5.41, 5.74) is 1.46. The lowest BCUT2D eigenvalue weighted by Gasteiger charge is -2.40. The standard InChI is InChI=1S/C33H36ClN3O4S/c1-21(2)19-25(20-38)37-28-31(41)36(24-13-11-22(34)12-14-24)18-8-16-33(28)27(30(37)40)26-29(39)35(23-9-5-4-6-10-23)17-7-15-32(26,3)42-33/h4-16,21,25-28,38H,17-20H2,1-3H3/t25-,26-,27+,28?,32+,33+/m1/s1. The van der Waals surface area contributed by atoms with Crippen molar-refractivity contribution in [3.05, 3.63) is 83.9 Å². The molecule has 6 atom stereocenters. The minimum Gasteiger partial charge on any atom is -0.394 e. The maximum atomic E-state index is 14.8. The molecular formula is C33H36ClN3O4S. The molecule has 1 N–H and O–H groups in total. The summed E-state index contributed by atoms with van der Waals surface area (Å²) >= 11 is 7.71. The number of aliphatic hydroxyl groups excluding tert-OH is 1. The molecular weight excluding hydrogens is 570 g/mol. The van der Waals surface area contributed by atoms with Crippen LogP contribution >= 0.6 is 23.4 Å². The first-order valence-electron chi connectivity index (χ1n) is 14.5. The minimum atomic E-state index is -0.987. The van der Waals surface area contributed by atoms with E-state index in [4.69, 9.17) is 11.6 Å². The predicted molar refractivity (Wildman–Crippen MR) is 168 cm³/mol. The molecule has 6 rings (SSSR count). The minimum absolute atomic E-state index is 0.124. The van der Waals surface area contributed by atoms with E-state index in [2.05, 4.69) is 6.08 Å². The number of para-hydroxylation sites is 1. The Morgan fingerprint density at radius 2 is 1.50 bits per heavy atom. The van der Waals surface area contributed by atoms with Crippen molar-refractivity contribution in [2.45, 2.75) is 48.8 Å². The van der Waals surface area contributed by atoms with Crippen molar-refractivity contribution in [2.24, 2.45) is 17.8 Å². The van der Waals surface area contributed by atoms with E-state index in [9.17, 15) is 19.5 Å². The van der Waals surface area contributed by atoms with Crippen LogP contribution in [0.4, 0.5) is 11.4 Å². The second-order valence-electron chi connectivity index (χ2n) is 12.2. The molecule has 1 spiro atoms. The third kappa shape index (κ3) is 4.50. The van der Waals surface area contributed by atoms with Crippen LogP contribution in [-0.4, -0.2) is 69.0 Å². The van der Waals surface area contributed by atoms with Gasteiger partial charge >= 0.3 is 0 Å². The van der Waals surface area contributed by atoms with E-state index in [0.29, 0.717) is 30.2 Å². The van der Waals surface area contributed by atoms with E-state index in [1.54, 1.807) is 50.7 Å². The number of thioether (sulfide) groups is 1. The first-order valence-corrected chi connectivity index (χ1v) is 15.7. The maximum absolute atomic E-state index is 14.8. The molecule has 2 fully saturated rings. The average molecular weight is 606 g/mol. The van der Waals surface area contributed by atoms with Gasteiger partial charge in [0.25, 0.3) is 5.91 Å². The van der Waals surface area contributed by atoms with Gasteiger partial charge in [0, 0.05) is 34.2 Å². The number of fused-ring (bicyclic) bond motifs is 2. The number of benzene rings is 2. The van der Waals surface area contributed by atoms with Crippen LogP contribution in [0.3, 0.4) is 0 Å². The molecule has 0 radical (unpaired) electrons. The molecule has 1 unspecified atom stereocenters. The molecule has 42 heavy (non-hydrogen) atoms. The van der Waals surface area contributed by atoms with Gasteiger partial charge < -0.3 is 19.8 Å². The lowest BCUT2D eigenvalue weighted by molar-refractivity contribution is -0.142. The quantitative estimate of drug-likeness (QED) is 0.472. The second-order valence-corrected chi connectivity index (χ2v) is 14.5. The van der Waals surface area contributed by atoms with Crippen LogP contribution in [0, 0.1) is 17.8 Å². The highest BCUT2D eigenvalue weighted by molar-refractivity contribution is 8.02. The Kier molecular flexibility index (Phi) is 7.52. The zero-order valence-electron chi connectivity index (χ0n) is 24.0. The fraction of sp³-hybridized carbons (Fsp3) is 0.424. The first-order chi connectivity index (χ1) is 20.1. The van der Waals surface area contributed by atoms with Gasteiger partial charge in [0.05, 0.1) is 29.2 Å². The third-order valence-corrected chi connectivity index (χ3v) is 11.1. The summed E-state index contributed by atoms with van der Waals surface area (Å²) in [5, 5.41) is 11.2. The molecule has 7 nitrogen and oxygen atoms in total. The van der Waals surface area contributed by atoms with Crippen LogP contribution in [0.25, 0.3) is 0 Å². The van der Waals surface area contributed by atoms with Gasteiger partial charge in [-0.05, 0) is 55.7 Å². The van der Waals surface area contributed by atoms with Gasteiger partial charge in [0.1, 0.15) is 6.04 Å². The van der Waals surface area contributed by atoms with Crippen molar-refractivity contribution >= 4 is 52.5 Å². The topological polar surface area (TPSA) is 81.2 Å². The molecule has 3 amide bonds. The molecule has 0 aliphatic carbocycles. The summed E-state index contributed by atoms with van der Waals surface area (Å²) in [4.78, 5) is 49.1. The van der Waals surface area contributed by atoms with Crippen LogP contribution < -0.4 is 9.80 Å². The van der Waals surface area contributed by atoms with Crippen LogP contribution in [0.2, 0.25) is 5.02 Å². The molecule has 2 saturated heterocycles. The largest absolute Gasteiger partial charge is 0.394 e. The van der Waals surface area contributed by atoms with Crippen molar-refractivity contribution in [1.82, 2.24) is 4.90 Å². The number of amides is 3. The lowest BCUT2D eigenvalue weighted by atomic mass is 9.74. The highest BCUT2D eigenvalue weighted by atomic mass is 35.5. The van der Waals surface area contributed by atoms with E-state index >= 15 is 0 Å². The zero-order chi connectivity index (χ0) is 29.8. The Hall–Kier alpha value is -3.07. The Balaban J connectivity index is 1.50. The molecule has 0 aromatic heterocycles. The van der Waals surface area contributed by atoms with Crippen molar-refractivity contribution in [2.75, 3.05) is 29.5 Å². The van der Waals surface area contributed by atoms with Gasteiger partial charge in [0.2, 0.25) is 11.8 Å². The van der Waals surface area contributed by atoms with Gasteiger partial charge in [-0.15, -0.1) is 11.8 Å². The van der Waals surface area contributed by atoms with Crippen LogP contribution in [0.15, 0.2) is 78.9 Å². The number of aliphatic hydroxyl groups is 1. The first kappa shape index (κ1) is 29.0. The Labute approximate surface area is 256 Å². The number of carbonyl (C=O) groups is 3. The Bertz CT molecular complexity index is 1450. The number of rotatable bonds is 6. The fourth-order valence-corrected chi connectivity index (χ4v) is 9.64. The highest BCUT2D eigenvalue weighted by Gasteiger charge is 2.74. The number of carbonyl (C=O) groups excluding carboxylic acids is 3. The van der Waals surface area contributed by atoms with Crippen molar-refractivity contribution in [3.63, 3.8) is 0 Å². The molecule has 2 aromatic rings. The molecule has 0 saturated carbocycles. The number of hydrogen-bond donors (Lipinski definition) is 1. The third-order valence-electron chi connectivity index (χ3n) is 9.05. The maximum Gasteiger partial charge on any atom is 0.251 e. The Morgan fingerprint density at radius 3 is 2.14 bits per heavy atom. The van der Waals surface area contributed by atoms with Crippen LogP contribution in [0.1, 0.15) is 27.2 Å². The molecule has 0 bridgehead atoms. The van der Waals surface area contributed by atoms with Gasteiger partial charge in [-0.3, -0.25) is 14.4 Å². The van der Waals surface area contributed by atoms with E-state index in [1.807, 2.05) is 69.3 Å². The monoisotopic (exact) mass is 605 g/mol. The lowest BCUT2D eigenvalue weighted by Crippen LogP contribution is -2.57. The summed E-state index contributed by atoms with van der Waals surface area (Å²) in [6.07, 6.45) is 8.57. The average Bonchev–Trinajstić information content (AvgIpc) is 3.24. The predicted octanol–water partition coefficient (Wildman–Crippen LogP) is 4.94. The molecule has 4 aliphatic rings. The summed E-state index contributed by atoms with van der Waals surface area (Å²) in [5.74, 6) is -1.87. The number of likely N-dealkylation sites (tertiary alicyclic amines) is 1. The van der Waals surface area contributed by atoms with Gasteiger partial charge in [0.15, 0.2) is 0 Å². The van der Waals surface area contributed by atoms with Crippen molar-refractivity contribution < 1.29 is 19.5 Å². The molecule has 220 valence electrons. The summed E-state index contributed by atoms with van der Waals surface area (Å²) < 4.78 is -1.70. The fourth-order valence-electron chi connectivity index (χ4n) is 7.37. The van der Waals surface area contributed by atoms with Crippen molar-refractivity contribution in [3.8, 4) is 0 Å². The molecule has 4 heterocycles. The molecule has 9 heteroatoms. The molecule has 4 aliphatic heterocycles. The van der Waals surface area contributed by atoms with E-state index in [1.165, 1.54) is 0 Å². The second kappa shape index (κ2) is 10.9. The van der Waals surface area contributed by atoms with E-state index in [-0.39, 0.29) is 30.2 Å². The van der Waals surface area contributed by atoms with Crippen LogP contribution in [-0.2, 0) is 14.4 Å². The number of anilines is 2. The Morgan fingerprint density at radius 1 is 0.881 bits per heavy atom. The number of nitrogens with zero attached hydrogens (tertiary/aromatic N) is 3. The zero-order valence-corrected chi connectivity index (χ0v) is 25.6. The van der Waals surface area contributed by atoms with Crippen LogP contribution in [0.5, 0.6) is 0 Å². The summed E-state index contributed by atoms with van der Waals surface area (Å²) in [6.45, 7) is 6.56. The van der Waals surface area contributed by atoms with Crippen molar-refractivity contribution in [1.29, 1.82) is 0 Å². The van der Waals surface area contributed by atoms with Gasteiger partial charge in [-0.25, -0.2) is 0 Å². The number of hydrogen-bond acceptors (Lipinski definition) is 5. The summed E-state index contributed by atoms with van der Waals surface area (Å²) in [7, 11) is 0. The summed E-state index contributed by atoms with van der Waals surface area (Å²) in [6, 6.07) is 15.2. The van der Waals surface area contributed by atoms with E-state index in [0.717, 1.165) is 5.69 Å². The SMILES string of the molecule is CC(C)C[C@H](CO)N1C(=O)[C@@H]2[C@@H]3C(=O)N(c4ccccc4)CC=C[C@]3(C)S[C@@]23C=CCN(c2ccc(Cl)cc2)C(=O)C13. The highest BCUT2D eigenvalue weighted by Crippen LogP contribution is 2.66. The van der Waals surface area contributed by atoms with Gasteiger partial charge in [-0.1, -0.05) is 68.0 Å². The molecule has 2 aromatic carbocycles. The van der Waals surface area contributed by atoms with E-state index < -0.39 is 33.4 Å². The normalized spacial score (nSPS) is 31.2. The van der Waals surface area contributed by atoms with Gasteiger partial charge in [-0.2, -0.15) is 0 Å².